The molecule has 2 aromatic carbocycles. The third kappa shape index (κ3) is 3.33. The van der Waals surface area contributed by atoms with E-state index >= 15 is 0 Å². The number of nitrogens with zero attached hydrogens (tertiary/aromatic N) is 1. The van der Waals surface area contributed by atoms with Gasteiger partial charge in [-0.3, -0.25) is 4.79 Å². The van der Waals surface area contributed by atoms with Gasteiger partial charge >= 0.3 is 0 Å². The first-order chi connectivity index (χ1) is 13.0. The Bertz CT molecular complexity index is 1100. The summed E-state index contributed by atoms with van der Waals surface area (Å²) < 4.78 is 32.0. The molecule has 1 atom stereocenters. The number of hydrogen-bond acceptors (Lipinski definition) is 4. The molecule has 1 N–H and O–H groups in total. The largest absolute Gasteiger partial charge is 0.456 e. The molecule has 1 amide bonds. The lowest BCUT2D eigenvalue weighted by atomic mass is 10.1. The molecule has 1 aromatic heterocycles. The summed E-state index contributed by atoms with van der Waals surface area (Å²) in [6.45, 7) is 2.23. The van der Waals surface area contributed by atoms with Crippen molar-refractivity contribution in [3.05, 3.63) is 42.5 Å². The highest BCUT2D eigenvalue weighted by atomic mass is 32.2. The molecule has 2 heterocycles. The molecular weight excluding hydrogens is 364 g/mol. The van der Waals surface area contributed by atoms with E-state index in [9.17, 15) is 13.2 Å². The summed E-state index contributed by atoms with van der Waals surface area (Å²) >= 11 is 0. The smallest absolute Gasteiger partial charge is 0.242 e. The maximum Gasteiger partial charge on any atom is 0.242 e. The fraction of sp³-hybridized carbons (Fsp3) is 0.350. The molecule has 1 aliphatic heterocycles. The Kier molecular flexibility index (Phi) is 4.65. The fourth-order valence-corrected chi connectivity index (χ4v) is 5.49. The van der Waals surface area contributed by atoms with Crippen LogP contribution in [0.5, 0.6) is 0 Å². The monoisotopic (exact) mass is 386 g/mol. The standard InChI is InChI=1S/C20H22N2O4S/c1-2-12-27(24,25)22-11-5-7-17(22)20(23)21-14-9-10-16-15-6-3-4-8-18(15)26-19(16)13-14/h3-4,6,8-10,13,17H,2,5,7,11-12H2,1H3,(H,21,23). The van der Waals surface area contributed by atoms with Gasteiger partial charge in [0.15, 0.2) is 0 Å². The van der Waals surface area contributed by atoms with Crippen molar-refractivity contribution in [1.29, 1.82) is 0 Å². The van der Waals surface area contributed by atoms with Crippen molar-refractivity contribution in [2.45, 2.75) is 32.2 Å². The molecule has 4 rings (SSSR count). The number of fused-ring (bicyclic) bond motifs is 3. The molecular formula is C20H22N2O4S. The third-order valence-electron chi connectivity index (χ3n) is 4.97. The molecule has 0 saturated carbocycles. The van der Waals surface area contributed by atoms with E-state index in [0.29, 0.717) is 37.1 Å². The minimum absolute atomic E-state index is 0.0712. The van der Waals surface area contributed by atoms with Gasteiger partial charge in [-0.2, -0.15) is 4.31 Å². The van der Waals surface area contributed by atoms with Crippen molar-refractivity contribution in [1.82, 2.24) is 4.31 Å². The lowest BCUT2D eigenvalue weighted by molar-refractivity contribution is -0.119. The number of anilines is 1. The number of sulfonamides is 1. The SMILES string of the molecule is CCCS(=O)(=O)N1CCCC1C(=O)Nc1ccc2c(c1)oc1ccccc12. The second-order valence-electron chi connectivity index (χ2n) is 6.88. The van der Waals surface area contributed by atoms with Crippen molar-refractivity contribution in [3.63, 3.8) is 0 Å². The highest BCUT2D eigenvalue weighted by molar-refractivity contribution is 7.89. The lowest BCUT2D eigenvalue weighted by Gasteiger charge is -2.23. The average molecular weight is 386 g/mol. The summed E-state index contributed by atoms with van der Waals surface area (Å²) in [7, 11) is -3.39. The molecule has 1 aliphatic rings. The Hall–Kier alpha value is -2.38. The lowest BCUT2D eigenvalue weighted by Crippen LogP contribution is -2.44. The van der Waals surface area contributed by atoms with E-state index in [1.807, 2.05) is 43.3 Å². The number of furan rings is 1. The third-order valence-corrected chi connectivity index (χ3v) is 7.05. The van der Waals surface area contributed by atoms with Gasteiger partial charge in [0, 0.05) is 29.1 Å². The summed E-state index contributed by atoms with van der Waals surface area (Å²) in [6.07, 6.45) is 1.78. The molecule has 1 fully saturated rings. The molecule has 0 bridgehead atoms. The Morgan fingerprint density at radius 1 is 1.19 bits per heavy atom. The summed E-state index contributed by atoms with van der Waals surface area (Å²) in [5.74, 6) is -0.218. The highest BCUT2D eigenvalue weighted by Crippen LogP contribution is 2.31. The maximum atomic E-state index is 12.7. The first-order valence-electron chi connectivity index (χ1n) is 9.21. The summed E-state index contributed by atoms with van der Waals surface area (Å²) in [4.78, 5) is 12.7. The van der Waals surface area contributed by atoms with Crippen molar-refractivity contribution in [2.75, 3.05) is 17.6 Å². The predicted molar refractivity (Wildman–Crippen MR) is 106 cm³/mol. The van der Waals surface area contributed by atoms with Crippen molar-refractivity contribution in [2.24, 2.45) is 0 Å². The van der Waals surface area contributed by atoms with Crippen LogP contribution in [-0.2, 0) is 14.8 Å². The van der Waals surface area contributed by atoms with Gasteiger partial charge < -0.3 is 9.73 Å². The van der Waals surface area contributed by atoms with Crippen LogP contribution in [0, 0.1) is 0 Å². The Morgan fingerprint density at radius 2 is 1.96 bits per heavy atom. The normalized spacial score (nSPS) is 18.3. The van der Waals surface area contributed by atoms with Crippen LogP contribution >= 0.6 is 0 Å². The molecule has 0 aliphatic carbocycles. The van der Waals surface area contributed by atoms with Crippen LogP contribution in [0.15, 0.2) is 46.9 Å². The van der Waals surface area contributed by atoms with Crippen LogP contribution < -0.4 is 5.32 Å². The molecule has 27 heavy (non-hydrogen) atoms. The number of benzene rings is 2. The van der Waals surface area contributed by atoms with Crippen LogP contribution in [0.3, 0.4) is 0 Å². The zero-order chi connectivity index (χ0) is 19.0. The fourth-order valence-electron chi connectivity index (χ4n) is 3.74. The Morgan fingerprint density at radius 3 is 2.78 bits per heavy atom. The highest BCUT2D eigenvalue weighted by Gasteiger charge is 2.38. The van der Waals surface area contributed by atoms with Gasteiger partial charge in [-0.05, 0) is 37.5 Å². The number of nitrogens with one attached hydrogen (secondary N) is 1. The van der Waals surface area contributed by atoms with Gasteiger partial charge in [0.1, 0.15) is 17.2 Å². The van der Waals surface area contributed by atoms with Gasteiger partial charge in [-0.1, -0.05) is 25.1 Å². The molecule has 1 saturated heterocycles. The Labute approximate surface area is 158 Å². The van der Waals surface area contributed by atoms with Crippen LogP contribution in [0.2, 0.25) is 0 Å². The van der Waals surface area contributed by atoms with Gasteiger partial charge in [-0.25, -0.2) is 8.42 Å². The zero-order valence-corrected chi connectivity index (χ0v) is 16.0. The first kappa shape index (κ1) is 18.0. The quantitative estimate of drug-likeness (QED) is 0.725. The molecule has 142 valence electrons. The number of hydrogen-bond donors (Lipinski definition) is 1. The number of rotatable bonds is 5. The second-order valence-corrected chi connectivity index (χ2v) is 8.92. The Balaban J connectivity index is 1.58. The molecule has 0 radical (unpaired) electrons. The van der Waals surface area contributed by atoms with E-state index in [0.717, 1.165) is 16.4 Å². The number of para-hydroxylation sites is 1. The van der Waals surface area contributed by atoms with Gasteiger partial charge in [-0.15, -0.1) is 0 Å². The minimum atomic E-state index is -3.39. The molecule has 3 aromatic rings. The van der Waals surface area contributed by atoms with Gasteiger partial charge in [0.05, 0.1) is 5.75 Å². The molecule has 1 unspecified atom stereocenters. The topological polar surface area (TPSA) is 79.6 Å². The molecule has 7 heteroatoms. The zero-order valence-electron chi connectivity index (χ0n) is 15.1. The summed E-state index contributed by atoms with van der Waals surface area (Å²) in [6, 6.07) is 12.6. The maximum absolute atomic E-state index is 12.7. The van der Waals surface area contributed by atoms with Crippen molar-refractivity contribution >= 4 is 43.6 Å². The first-order valence-corrected chi connectivity index (χ1v) is 10.8. The van der Waals surface area contributed by atoms with Crippen LogP contribution in [0.25, 0.3) is 21.9 Å². The van der Waals surface area contributed by atoms with E-state index in [-0.39, 0.29) is 11.7 Å². The molecule has 6 nitrogen and oxygen atoms in total. The van der Waals surface area contributed by atoms with Gasteiger partial charge in [0.2, 0.25) is 15.9 Å². The van der Waals surface area contributed by atoms with E-state index in [1.54, 1.807) is 6.07 Å². The van der Waals surface area contributed by atoms with Crippen LogP contribution in [0.1, 0.15) is 26.2 Å². The number of carbonyl (C=O) groups excluding carboxylic acids is 1. The van der Waals surface area contributed by atoms with Crippen LogP contribution in [-0.4, -0.2) is 37.0 Å². The average Bonchev–Trinajstić information content (AvgIpc) is 3.26. The summed E-state index contributed by atoms with van der Waals surface area (Å²) in [5, 5.41) is 4.87. The number of amides is 1. The van der Waals surface area contributed by atoms with E-state index in [1.165, 1.54) is 4.31 Å². The van der Waals surface area contributed by atoms with E-state index in [4.69, 9.17) is 4.42 Å². The predicted octanol–water partition coefficient (Wildman–Crippen LogP) is 3.73. The number of carbonyl (C=O) groups is 1. The van der Waals surface area contributed by atoms with Crippen LogP contribution in [0.4, 0.5) is 5.69 Å². The van der Waals surface area contributed by atoms with Crippen molar-refractivity contribution < 1.29 is 17.6 Å². The minimum Gasteiger partial charge on any atom is -0.456 e. The van der Waals surface area contributed by atoms with Crippen molar-refractivity contribution in [3.8, 4) is 0 Å². The van der Waals surface area contributed by atoms with E-state index in [2.05, 4.69) is 5.32 Å². The second kappa shape index (κ2) is 6.98. The molecule has 0 spiro atoms. The summed E-state index contributed by atoms with van der Waals surface area (Å²) in [5.41, 5.74) is 2.09. The van der Waals surface area contributed by atoms with Gasteiger partial charge in [0.25, 0.3) is 0 Å². The van der Waals surface area contributed by atoms with E-state index < -0.39 is 16.1 Å².